The summed E-state index contributed by atoms with van der Waals surface area (Å²) in [5.74, 6) is -1.60. The second-order valence-electron chi connectivity index (χ2n) is 7.09. The summed E-state index contributed by atoms with van der Waals surface area (Å²) < 4.78 is 27.7. The average Bonchev–Trinajstić information content (AvgIpc) is 3.16. The van der Waals surface area contributed by atoms with Crippen LogP contribution in [-0.2, 0) is 4.79 Å². The highest BCUT2D eigenvalue weighted by atomic mass is 19.1. The van der Waals surface area contributed by atoms with E-state index in [1.165, 1.54) is 6.07 Å². The van der Waals surface area contributed by atoms with Gasteiger partial charge in [0.15, 0.2) is 5.82 Å². The van der Waals surface area contributed by atoms with Crippen LogP contribution in [0.5, 0.6) is 0 Å². The Bertz CT molecular complexity index is 830. The van der Waals surface area contributed by atoms with Gasteiger partial charge in [-0.05, 0) is 54.2 Å². The van der Waals surface area contributed by atoms with Crippen molar-refractivity contribution in [2.75, 3.05) is 11.1 Å². The van der Waals surface area contributed by atoms with Crippen molar-refractivity contribution in [1.29, 1.82) is 0 Å². The lowest BCUT2D eigenvalue weighted by Crippen LogP contribution is -2.16. The van der Waals surface area contributed by atoms with Crippen molar-refractivity contribution in [2.45, 2.75) is 27.2 Å². The highest BCUT2D eigenvalue weighted by Crippen LogP contribution is 2.52. The number of benzene rings is 2. The number of aryl methyl sites for hydroxylation is 1. The van der Waals surface area contributed by atoms with E-state index in [0.717, 1.165) is 18.1 Å². The minimum atomic E-state index is -0.787. The second kappa shape index (κ2) is 5.58. The van der Waals surface area contributed by atoms with Crippen LogP contribution in [0.25, 0.3) is 11.1 Å². The molecular formula is C19H20F2N2O. The van der Waals surface area contributed by atoms with Gasteiger partial charge in [0.2, 0.25) is 5.91 Å². The maximum absolute atomic E-state index is 14.3. The molecule has 3 N–H and O–H groups in total. The van der Waals surface area contributed by atoms with E-state index in [1.54, 1.807) is 18.2 Å². The average molecular weight is 330 g/mol. The fourth-order valence-electron chi connectivity index (χ4n) is 2.91. The number of carbonyl (C=O) groups excluding carboxylic acids is 1. The third-order valence-electron chi connectivity index (χ3n) is 4.75. The van der Waals surface area contributed by atoms with Gasteiger partial charge in [-0.25, -0.2) is 8.78 Å². The molecule has 1 unspecified atom stereocenters. The molecule has 1 aliphatic carbocycles. The topological polar surface area (TPSA) is 55.1 Å². The molecule has 2 aromatic rings. The number of rotatable bonds is 3. The van der Waals surface area contributed by atoms with Gasteiger partial charge < -0.3 is 11.1 Å². The zero-order valence-corrected chi connectivity index (χ0v) is 13.9. The minimum absolute atomic E-state index is 0.000421. The summed E-state index contributed by atoms with van der Waals surface area (Å²) in [6.45, 7) is 5.92. The van der Waals surface area contributed by atoms with Gasteiger partial charge in [-0.15, -0.1) is 0 Å². The lowest BCUT2D eigenvalue weighted by Gasteiger charge is -2.13. The van der Waals surface area contributed by atoms with Crippen molar-refractivity contribution in [2.24, 2.45) is 11.3 Å². The van der Waals surface area contributed by atoms with Crippen molar-refractivity contribution in [3.63, 3.8) is 0 Å². The van der Waals surface area contributed by atoms with Crippen molar-refractivity contribution in [3.05, 3.63) is 47.5 Å². The number of hydrogen-bond donors (Lipinski definition) is 2. The van der Waals surface area contributed by atoms with Crippen molar-refractivity contribution < 1.29 is 13.6 Å². The monoisotopic (exact) mass is 330 g/mol. The number of nitrogens with two attached hydrogens (primary N) is 1. The van der Waals surface area contributed by atoms with E-state index in [9.17, 15) is 13.6 Å². The first-order valence-electron chi connectivity index (χ1n) is 7.86. The van der Waals surface area contributed by atoms with Gasteiger partial charge in [0.1, 0.15) is 11.5 Å². The van der Waals surface area contributed by atoms with E-state index < -0.39 is 17.3 Å². The van der Waals surface area contributed by atoms with E-state index >= 15 is 0 Å². The predicted molar refractivity (Wildman–Crippen MR) is 91.5 cm³/mol. The molecule has 126 valence electrons. The summed E-state index contributed by atoms with van der Waals surface area (Å²) >= 11 is 0. The fourth-order valence-corrected chi connectivity index (χ4v) is 2.91. The summed E-state index contributed by atoms with van der Waals surface area (Å²) in [5.41, 5.74) is 7.18. The number of hydrogen-bond acceptors (Lipinski definition) is 2. The molecule has 1 fully saturated rings. The van der Waals surface area contributed by atoms with Gasteiger partial charge in [-0.3, -0.25) is 4.79 Å². The number of nitrogens with one attached hydrogen (secondary N) is 1. The van der Waals surface area contributed by atoms with Gasteiger partial charge in [0, 0.05) is 17.2 Å². The van der Waals surface area contributed by atoms with Crippen LogP contribution in [-0.4, -0.2) is 5.91 Å². The molecule has 0 radical (unpaired) electrons. The number of carbonyl (C=O) groups is 1. The summed E-state index contributed by atoms with van der Waals surface area (Å²) in [6, 6.07) is 7.77. The SMILES string of the molecule is Cc1ccc(NC(=O)C2CC2(C)C)cc1-c1ccc(F)c(N)c1F. The Morgan fingerprint density at radius 3 is 2.50 bits per heavy atom. The van der Waals surface area contributed by atoms with Crippen molar-refractivity contribution in [3.8, 4) is 11.1 Å². The number of anilines is 2. The molecule has 1 atom stereocenters. The molecule has 1 amide bonds. The molecule has 1 aliphatic rings. The smallest absolute Gasteiger partial charge is 0.228 e. The zero-order chi connectivity index (χ0) is 17.6. The first-order chi connectivity index (χ1) is 11.2. The summed E-state index contributed by atoms with van der Waals surface area (Å²) in [7, 11) is 0. The quantitative estimate of drug-likeness (QED) is 0.814. The summed E-state index contributed by atoms with van der Waals surface area (Å²) in [6.07, 6.45) is 0.862. The Hall–Kier alpha value is -2.43. The lowest BCUT2D eigenvalue weighted by molar-refractivity contribution is -0.118. The molecule has 0 aromatic heterocycles. The number of nitrogen functional groups attached to an aromatic ring is 1. The molecule has 5 heteroatoms. The molecule has 3 nitrogen and oxygen atoms in total. The summed E-state index contributed by atoms with van der Waals surface area (Å²) in [4.78, 5) is 12.2. The fraction of sp³-hybridized carbons (Fsp3) is 0.316. The first-order valence-corrected chi connectivity index (χ1v) is 7.86. The molecule has 0 saturated heterocycles. The molecule has 3 rings (SSSR count). The van der Waals surface area contributed by atoms with Crippen LogP contribution in [0.1, 0.15) is 25.8 Å². The first kappa shape index (κ1) is 16.4. The Labute approximate surface area is 139 Å². The van der Waals surface area contributed by atoms with Gasteiger partial charge >= 0.3 is 0 Å². The molecule has 0 heterocycles. The van der Waals surface area contributed by atoms with Crippen LogP contribution in [0.4, 0.5) is 20.2 Å². The van der Waals surface area contributed by atoms with Crippen LogP contribution in [0.3, 0.4) is 0 Å². The Morgan fingerprint density at radius 1 is 1.21 bits per heavy atom. The van der Waals surface area contributed by atoms with Crippen LogP contribution >= 0.6 is 0 Å². The molecule has 0 aliphatic heterocycles. The standard InChI is InChI=1S/C19H20F2N2O/c1-10-4-5-11(23-18(24)14-9-19(14,2)3)8-13(10)12-6-7-15(20)17(22)16(12)21/h4-8,14H,9,22H2,1-3H3,(H,23,24). The van der Waals surface area contributed by atoms with E-state index in [0.29, 0.717) is 11.3 Å². The maximum atomic E-state index is 14.3. The van der Waals surface area contributed by atoms with E-state index in [4.69, 9.17) is 5.73 Å². The second-order valence-corrected chi connectivity index (χ2v) is 7.09. The van der Waals surface area contributed by atoms with Gasteiger partial charge in [-0.2, -0.15) is 0 Å². The van der Waals surface area contributed by atoms with Gasteiger partial charge in [0.05, 0.1) is 0 Å². The maximum Gasteiger partial charge on any atom is 0.228 e. The van der Waals surface area contributed by atoms with E-state index in [-0.39, 0.29) is 22.8 Å². The van der Waals surface area contributed by atoms with Gasteiger partial charge in [0.25, 0.3) is 0 Å². The van der Waals surface area contributed by atoms with Crippen molar-refractivity contribution in [1.82, 2.24) is 0 Å². The van der Waals surface area contributed by atoms with Crippen LogP contribution in [0.2, 0.25) is 0 Å². The third kappa shape index (κ3) is 2.86. The molecule has 2 aromatic carbocycles. The highest BCUT2D eigenvalue weighted by Gasteiger charge is 2.50. The lowest BCUT2D eigenvalue weighted by atomic mass is 9.98. The molecular weight excluding hydrogens is 310 g/mol. The zero-order valence-electron chi connectivity index (χ0n) is 13.9. The molecule has 24 heavy (non-hydrogen) atoms. The Morgan fingerprint density at radius 2 is 1.88 bits per heavy atom. The molecule has 0 bridgehead atoms. The minimum Gasteiger partial charge on any atom is -0.394 e. The Kier molecular flexibility index (Phi) is 3.82. The predicted octanol–water partition coefficient (Wildman–Crippen LogP) is 4.51. The molecule has 0 spiro atoms. The number of halogens is 2. The normalized spacial score (nSPS) is 18.3. The Balaban J connectivity index is 1.93. The number of amides is 1. The molecule has 1 saturated carbocycles. The van der Waals surface area contributed by atoms with Crippen LogP contribution < -0.4 is 11.1 Å². The third-order valence-corrected chi connectivity index (χ3v) is 4.75. The van der Waals surface area contributed by atoms with Crippen LogP contribution in [0.15, 0.2) is 30.3 Å². The highest BCUT2D eigenvalue weighted by molar-refractivity contribution is 5.95. The van der Waals surface area contributed by atoms with E-state index in [2.05, 4.69) is 19.2 Å². The van der Waals surface area contributed by atoms with Crippen LogP contribution in [0, 0.1) is 29.9 Å². The summed E-state index contributed by atoms with van der Waals surface area (Å²) in [5, 5.41) is 2.88. The largest absolute Gasteiger partial charge is 0.394 e. The van der Waals surface area contributed by atoms with Gasteiger partial charge in [-0.1, -0.05) is 19.9 Å². The van der Waals surface area contributed by atoms with Crippen molar-refractivity contribution >= 4 is 17.3 Å². The van der Waals surface area contributed by atoms with E-state index in [1.807, 2.05) is 6.92 Å².